The van der Waals surface area contributed by atoms with E-state index in [1.54, 1.807) is 31.4 Å². The highest BCUT2D eigenvalue weighted by molar-refractivity contribution is 5.95. The van der Waals surface area contributed by atoms with Gasteiger partial charge >= 0.3 is 0 Å². The number of amides is 2. The van der Waals surface area contributed by atoms with Gasteiger partial charge in [0.1, 0.15) is 11.8 Å². The average molecular weight is 356 g/mol. The van der Waals surface area contributed by atoms with Crippen LogP contribution < -0.4 is 21.1 Å². The van der Waals surface area contributed by atoms with Crippen molar-refractivity contribution in [2.45, 2.75) is 32.4 Å². The highest BCUT2D eigenvalue weighted by Crippen LogP contribution is 2.17. The predicted octanol–water partition coefficient (Wildman–Crippen LogP) is 1.84. The first kappa shape index (κ1) is 19.5. The first-order valence-electron chi connectivity index (χ1n) is 8.64. The van der Waals surface area contributed by atoms with Gasteiger partial charge in [-0.3, -0.25) is 9.59 Å². The summed E-state index contributed by atoms with van der Waals surface area (Å²) < 4.78 is 5.19. The van der Waals surface area contributed by atoms with Crippen LogP contribution in [-0.4, -0.2) is 25.0 Å². The molecule has 2 amide bonds. The molecule has 0 aliphatic carbocycles. The zero-order valence-electron chi connectivity index (χ0n) is 15.4. The number of methoxy groups -OCH3 is 1. The Balaban J connectivity index is 1.98. The monoisotopic (exact) mass is 356 g/mol. The lowest BCUT2D eigenvalue weighted by Gasteiger charge is -2.19. The van der Waals surface area contributed by atoms with Crippen LogP contribution in [0.2, 0.25) is 0 Å². The number of carbonyl (C=O) groups is 2. The second-order valence-electron chi connectivity index (χ2n) is 6.20. The first-order chi connectivity index (χ1) is 12.4. The van der Waals surface area contributed by atoms with Crippen molar-refractivity contribution in [1.29, 1.82) is 0 Å². The molecular formula is C20H26N3O3+. The molecule has 0 saturated carbocycles. The minimum Gasteiger partial charge on any atom is -0.497 e. The summed E-state index contributed by atoms with van der Waals surface area (Å²) in [6.07, 6.45) is 0.900. The van der Waals surface area contributed by atoms with Crippen LogP contribution >= 0.6 is 0 Å². The quantitative estimate of drug-likeness (QED) is 0.673. The number of primary amides is 1. The summed E-state index contributed by atoms with van der Waals surface area (Å²) in [5.74, 6) is 0.229. The summed E-state index contributed by atoms with van der Waals surface area (Å²) in [5, 5.41) is 4.92. The number of anilines is 1. The number of hydrogen-bond donors (Lipinski definition) is 3. The normalized spacial score (nSPS) is 12.9. The Morgan fingerprint density at radius 1 is 1.12 bits per heavy atom. The van der Waals surface area contributed by atoms with Gasteiger partial charge < -0.3 is 21.1 Å². The van der Waals surface area contributed by atoms with Gasteiger partial charge in [0.2, 0.25) is 5.91 Å². The lowest BCUT2D eigenvalue weighted by molar-refractivity contribution is -0.713. The van der Waals surface area contributed by atoms with Crippen molar-refractivity contribution in [3.63, 3.8) is 0 Å². The topological polar surface area (TPSA) is 98.0 Å². The maximum Gasteiger partial charge on any atom is 0.282 e. The smallest absolute Gasteiger partial charge is 0.282 e. The van der Waals surface area contributed by atoms with Gasteiger partial charge in [0, 0.05) is 23.2 Å². The maximum atomic E-state index is 12.5. The number of quaternary nitrogens is 1. The van der Waals surface area contributed by atoms with Gasteiger partial charge in [-0.1, -0.05) is 6.92 Å². The third-order valence-corrected chi connectivity index (χ3v) is 4.36. The molecule has 26 heavy (non-hydrogen) atoms. The summed E-state index contributed by atoms with van der Waals surface area (Å²) in [5.41, 5.74) is 7.42. The van der Waals surface area contributed by atoms with E-state index in [-0.39, 0.29) is 18.0 Å². The highest BCUT2D eigenvalue weighted by atomic mass is 16.5. The number of nitrogens with one attached hydrogen (secondary N) is 1. The fourth-order valence-corrected chi connectivity index (χ4v) is 2.74. The van der Waals surface area contributed by atoms with Crippen molar-refractivity contribution in [3.05, 3.63) is 59.7 Å². The van der Waals surface area contributed by atoms with E-state index in [0.717, 1.165) is 17.7 Å². The Morgan fingerprint density at radius 3 is 2.23 bits per heavy atom. The molecule has 6 nitrogen and oxygen atoms in total. The molecule has 2 atom stereocenters. The van der Waals surface area contributed by atoms with Crippen molar-refractivity contribution in [3.8, 4) is 5.75 Å². The van der Waals surface area contributed by atoms with Crippen LogP contribution in [0.3, 0.4) is 0 Å². The summed E-state index contributed by atoms with van der Waals surface area (Å²) in [4.78, 5) is 23.6. The van der Waals surface area contributed by atoms with Crippen LogP contribution in [0.1, 0.15) is 42.2 Å². The van der Waals surface area contributed by atoms with Gasteiger partial charge in [0.05, 0.1) is 7.11 Å². The zero-order chi connectivity index (χ0) is 19.1. The molecule has 0 aliphatic heterocycles. The van der Waals surface area contributed by atoms with E-state index in [1.165, 1.54) is 0 Å². The van der Waals surface area contributed by atoms with Gasteiger partial charge in [-0.05, 0) is 55.5 Å². The zero-order valence-corrected chi connectivity index (χ0v) is 15.4. The molecule has 138 valence electrons. The molecule has 0 aliphatic rings. The van der Waals surface area contributed by atoms with Gasteiger partial charge in [-0.2, -0.15) is 0 Å². The second-order valence-corrected chi connectivity index (χ2v) is 6.20. The van der Waals surface area contributed by atoms with E-state index in [0.29, 0.717) is 11.3 Å². The van der Waals surface area contributed by atoms with Crippen molar-refractivity contribution < 1.29 is 19.6 Å². The number of ether oxygens (including phenoxy) is 1. The lowest BCUT2D eigenvalue weighted by Crippen LogP contribution is -2.92. The Morgan fingerprint density at radius 2 is 1.73 bits per heavy atom. The highest BCUT2D eigenvalue weighted by Gasteiger charge is 2.22. The minimum atomic E-state index is -0.491. The molecule has 0 unspecified atom stereocenters. The molecule has 0 fully saturated rings. The molecule has 2 aromatic rings. The molecule has 0 heterocycles. The van der Waals surface area contributed by atoms with Crippen LogP contribution in [-0.2, 0) is 4.79 Å². The summed E-state index contributed by atoms with van der Waals surface area (Å²) in [6, 6.07) is 14.4. The van der Waals surface area contributed by atoms with Crippen molar-refractivity contribution in [2.75, 3.05) is 12.4 Å². The number of carbonyl (C=O) groups excluding carboxylic acids is 2. The van der Waals surface area contributed by atoms with Crippen LogP contribution in [0.4, 0.5) is 5.69 Å². The molecule has 0 saturated heterocycles. The largest absolute Gasteiger partial charge is 0.497 e. The molecule has 5 N–H and O–H groups in total. The molecular weight excluding hydrogens is 330 g/mol. The van der Waals surface area contributed by atoms with E-state index in [2.05, 4.69) is 17.6 Å². The Bertz CT molecular complexity index is 742. The standard InChI is InChI=1S/C20H25N3O3/c1-4-18(14-7-11-17(26-3)12-8-14)22-13(2)20(25)23-16-9-5-15(6-10-16)19(21)24/h5-13,18,22H,4H2,1-3H3,(H2,21,24)(H,23,25)/p+1/t13-,18+/m0/s1. The van der Waals surface area contributed by atoms with Crippen LogP contribution in [0.25, 0.3) is 0 Å². The predicted molar refractivity (Wildman–Crippen MR) is 101 cm³/mol. The molecule has 2 rings (SSSR count). The number of rotatable bonds is 8. The summed E-state index contributed by atoms with van der Waals surface area (Å²) in [7, 11) is 1.64. The number of hydrogen-bond acceptors (Lipinski definition) is 3. The lowest BCUT2D eigenvalue weighted by atomic mass is 10.0. The minimum absolute atomic E-state index is 0.0937. The molecule has 0 spiro atoms. The van der Waals surface area contributed by atoms with Crippen LogP contribution in [0, 0.1) is 0 Å². The summed E-state index contributed by atoms with van der Waals surface area (Å²) in [6.45, 7) is 3.97. The molecule has 2 aromatic carbocycles. The fourth-order valence-electron chi connectivity index (χ4n) is 2.74. The molecule has 6 heteroatoms. The Labute approximate surface area is 153 Å². The van der Waals surface area contributed by atoms with E-state index in [1.807, 2.05) is 31.2 Å². The third-order valence-electron chi connectivity index (χ3n) is 4.36. The number of benzene rings is 2. The SMILES string of the molecule is CC[C@@H]([NH2+][C@@H](C)C(=O)Nc1ccc(C(N)=O)cc1)c1ccc(OC)cc1. The fraction of sp³-hybridized carbons (Fsp3) is 0.300. The van der Waals surface area contributed by atoms with Crippen molar-refractivity contribution in [1.82, 2.24) is 0 Å². The summed E-state index contributed by atoms with van der Waals surface area (Å²) >= 11 is 0. The molecule has 0 aromatic heterocycles. The maximum absolute atomic E-state index is 12.5. The third kappa shape index (κ3) is 5.07. The Kier molecular flexibility index (Phi) is 6.74. The Hall–Kier alpha value is -2.86. The van der Waals surface area contributed by atoms with E-state index >= 15 is 0 Å². The van der Waals surface area contributed by atoms with E-state index < -0.39 is 5.91 Å². The van der Waals surface area contributed by atoms with Gasteiger partial charge in [0.15, 0.2) is 6.04 Å². The first-order valence-corrected chi connectivity index (χ1v) is 8.64. The van der Waals surface area contributed by atoms with E-state index in [4.69, 9.17) is 10.5 Å². The van der Waals surface area contributed by atoms with Crippen molar-refractivity contribution >= 4 is 17.5 Å². The number of nitrogens with two attached hydrogens (primary N) is 2. The van der Waals surface area contributed by atoms with Gasteiger partial charge in [-0.15, -0.1) is 0 Å². The second kappa shape index (κ2) is 9.01. The molecule has 0 bridgehead atoms. The van der Waals surface area contributed by atoms with Gasteiger partial charge in [-0.25, -0.2) is 0 Å². The van der Waals surface area contributed by atoms with Gasteiger partial charge in [0.25, 0.3) is 5.91 Å². The van der Waals surface area contributed by atoms with E-state index in [9.17, 15) is 9.59 Å². The average Bonchev–Trinajstić information content (AvgIpc) is 2.66. The van der Waals surface area contributed by atoms with Crippen LogP contribution in [0.15, 0.2) is 48.5 Å². The van der Waals surface area contributed by atoms with Crippen LogP contribution in [0.5, 0.6) is 5.75 Å². The van der Waals surface area contributed by atoms with Crippen molar-refractivity contribution in [2.24, 2.45) is 5.73 Å². The molecule has 0 radical (unpaired) electrons.